The molecule has 28 heavy (non-hydrogen) atoms. The molecule has 1 spiro atoms. The van der Waals surface area contributed by atoms with E-state index in [1.807, 2.05) is 17.9 Å². The molecular weight excluding hydrogens is 348 g/mol. The highest BCUT2D eigenvalue weighted by atomic mass is 16.5. The van der Waals surface area contributed by atoms with Crippen LogP contribution in [0.5, 0.6) is 5.75 Å². The Morgan fingerprint density at radius 2 is 2.04 bits per heavy atom. The summed E-state index contributed by atoms with van der Waals surface area (Å²) in [6, 6.07) is 13.6. The number of para-hydroxylation sites is 1. The molecule has 0 fully saturated rings. The number of allylic oxidation sites excluding steroid dienone is 2. The molecule has 2 N–H and O–H groups in total. The van der Waals surface area contributed by atoms with Gasteiger partial charge >= 0.3 is 0 Å². The van der Waals surface area contributed by atoms with Crippen LogP contribution in [-0.2, 0) is 6.42 Å². The molecular formula is C24H28N2O2. The van der Waals surface area contributed by atoms with Crippen LogP contribution in [0, 0.1) is 5.41 Å². The van der Waals surface area contributed by atoms with E-state index in [2.05, 4.69) is 31.2 Å². The molecule has 146 valence electrons. The Morgan fingerprint density at radius 3 is 2.79 bits per heavy atom. The van der Waals surface area contributed by atoms with Crippen LogP contribution in [0.3, 0.4) is 0 Å². The van der Waals surface area contributed by atoms with Crippen molar-refractivity contribution < 1.29 is 9.53 Å². The SMILES string of the molecule is CCOc1cc(C(=O)N2CC[C@]3(C=C(C)CC3)Cc3ccccc32)ccc1N. The summed E-state index contributed by atoms with van der Waals surface area (Å²) in [5, 5.41) is 0. The van der Waals surface area contributed by atoms with Crippen molar-refractivity contribution in [2.24, 2.45) is 5.41 Å². The number of anilines is 2. The smallest absolute Gasteiger partial charge is 0.258 e. The number of hydrogen-bond donors (Lipinski definition) is 1. The maximum atomic E-state index is 13.5. The summed E-state index contributed by atoms with van der Waals surface area (Å²) in [6.07, 6.45) is 6.76. The van der Waals surface area contributed by atoms with Crippen LogP contribution in [0.1, 0.15) is 49.0 Å². The second kappa shape index (κ2) is 7.34. The van der Waals surface area contributed by atoms with Gasteiger partial charge in [-0.25, -0.2) is 0 Å². The standard InChI is InChI=1S/C24H28N2O2/c1-3-28-22-14-18(8-9-20(22)25)23(27)26-13-12-24(11-10-17(2)15-24)16-19-6-4-5-7-21(19)26/h4-9,14-15H,3,10-13,16,25H2,1-2H3/t24-/m1/s1. The number of ether oxygens (including phenoxy) is 1. The highest BCUT2D eigenvalue weighted by molar-refractivity contribution is 6.07. The van der Waals surface area contributed by atoms with Gasteiger partial charge in [-0.15, -0.1) is 0 Å². The van der Waals surface area contributed by atoms with Crippen LogP contribution in [0.2, 0.25) is 0 Å². The normalized spacial score (nSPS) is 21.2. The lowest BCUT2D eigenvalue weighted by Crippen LogP contribution is -2.33. The van der Waals surface area contributed by atoms with Gasteiger partial charge in [-0.2, -0.15) is 0 Å². The Morgan fingerprint density at radius 1 is 1.21 bits per heavy atom. The minimum absolute atomic E-state index is 0.00384. The maximum Gasteiger partial charge on any atom is 0.258 e. The number of hydrogen-bond acceptors (Lipinski definition) is 3. The van der Waals surface area contributed by atoms with Crippen LogP contribution in [-0.4, -0.2) is 19.1 Å². The van der Waals surface area contributed by atoms with E-state index in [9.17, 15) is 4.79 Å². The van der Waals surface area contributed by atoms with Crippen molar-refractivity contribution in [2.75, 3.05) is 23.8 Å². The number of nitrogens with zero attached hydrogens (tertiary/aromatic N) is 1. The molecule has 1 atom stereocenters. The fourth-order valence-electron chi connectivity index (χ4n) is 4.61. The van der Waals surface area contributed by atoms with Crippen molar-refractivity contribution in [3.05, 3.63) is 65.2 Å². The van der Waals surface area contributed by atoms with Crippen LogP contribution in [0.4, 0.5) is 11.4 Å². The topological polar surface area (TPSA) is 55.6 Å². The molecule has 4 nitrogen and oxygen atoms in total. The predicted molar refractivity (Wildman–Crippen MR) is 114 cm³/mol. The number of carbonyl (C=O) groups is 1. The molecule has 0 saturated heterocycles. The molecule has 2 aliphatic rings. The van der Waals surface area contributed by atoms with Crippen LogP contribution in [0.15, 0.2) is 54.1 Å². The van der Waals surface area contributed by atoms with E-state index in [-0.39, 0.29) is 11.3 Å². The van der Waals surface area contributed by atoms with E-state index in [0.29, 0.717) is 30.2 Å². The molecule has 0 aromatic heterocycles. The first kappa shape index (κ1) is 18.6. The number of nitrogens with two attached hydrogens (primary N) is 1. The van der Waals surface area contributed by atoms with Crippen LogP contribution < -0.4 is 15.4 Å². The van der Waals surface area contributed by atoms with Gasteiger partial charge in [0.15, 0.2) is 0 Å². The summed E-state index contributed by atoms with van der Waals surface area (Å²) in [5.74, 6) is 0.575. The number of amides is 1. The molecule has 1 heterocycles. The number of nitrogen functional groups attached to an aromatic ring is 1. The maximum absolute atomic E-state index is 13.5. The van der Waals surface area contributed by atoms with Gasteiger partial charge in [-0.3, -0.25) is 4.79 Å². The second-order valence-corrected chi connectivity index (χ2v) is 8.05. The van der Waals surface area contributed by atoms with Crippen molar-refractivity contribution in [2.45, 2.75) is 39.5 Å². The first-order chi connectivity index (χ1) is 13.5. The van der Waals surface area contributed by atoms with E-state index in [1.54, 1.807) is 18.2 Å². The van der Waals surface area contributed by atoms with Gasteiger partial charge in [0, 0.05) is 17.8 Å². The molecule has 1 aliphatic heterocycles. The van der Waals surface area contributed by atoms with Crippen LogP contribution in [0.25, 0.3) is 0 Å². The van der Waals surface area contributed by atoms with Crippen molar-refractivity contribution >= 4 is 17.3 Å². The van der Waals surface area contributed by atoms with Gasteiger partial charge in [0.2, 0.25) is 0 Å². The number of benzene rings is 2. The minimum Gasteiger partial charge on any atom is -0.492 e. The van der Waals surface area contributed by atoms with E-state index < -0.39 is 0 Å². The summed E-state index contributed by atoms with van der Waals surface area (Å²) in [5.41, 5.74) is 11.1. The van der Waals surface area contributed by atoms with E-state index >= 15 is 0 Å². The molecule has 0 radical (unpaired) electrons. The highest BCUT2D eigenvalue weighted by Gasteiger charge is 2.37. The van der Waals surface area contributed by atoms with Gasteiger partial charge < -0.3 is 15.4 Å². The van der Waals surface area contributed by atoms with Gasteiger partial charge in [0.1, 0.15) is 5.75 Å². The summed E-state index contributed by atoms with van der Waals surface area (Å²) in [6.45, 7) is 5.37. The van der Waals surface area contributed by atoms with Crippen molar-refractivity contribution in [1.29, 1.82) is 0 Å². The lowest BCUT2D eigenvalue weighted by atomic mass is 9.79. The van der Waals surface area contributed by atoms with Crippen molar-refractivity contribution in [3.63, 3.8) is 0 Å². The van der Waals surface area contributed by atoms with E-state index in [0.717, 1.165) is 24.9 Å². The highest BCUT2D eigenvalue weighted by Crippen LogP contribution is 2.45. The molecule has 4 rings (SSSR count). The third-order valence-corrected chi connectivity index (χ3v) is 6.03. The minimum atomic E-state index is 0.00384. The molecule has 0 unspecified atom stereocenters. The van der Waals surface area contributed by atoms with Crippen molar-refractivity contribution in [1.82, 2.24) is 0 Å². The lowest BCUT2D eigenvalue weighted by Gasteiger charge is -2.26. The third kappa shape index (κ3) is 3.39. The lowest BCUT2D eigenvalue weighted by molar-refractivity contribution is 0.0985. The van der Waals surface area contributed by atoms with Crippen molar-refractivity contribution in [3.8, 4) is 5.75 Å². The van der Waals surface area contributed by atoms with Gasteiger partial charge in [0.05, 0.1) is 12.3 Å². The zero-order valence-electron chi connectivity index (χ0n) is 16.7. The molecule has 4 heteroatoms. The number of carbonyl (C=O) groups excluding carboxylic acids is 1. The quantitative estimate of drug-likeness (QED) is 0.607. The first-order valence-corrected chi connectivity index (χ1v) is 10.1. The largest absolute Gasteiger partial charge is 0.492 e. The fraction of sp³-hybridized carbons (Fsp3) is 0.375. The summed E-state index contributed by atoms with van der Waals surface area (Å²) >= 11 is 0. The third-order valence-electron chi connectivity index (χ3n) is 6.03. The Bertz CT molecular complexity index is 934. The van der Waals surface area contributed by atoms with E-state index in [4.69, 9.17) is 10.5 Å². The molecule has 1 aliphatic carbocycles. The Kier molecular flexibility index (Phi) is 4.88. The summed E-state index contributed by atoms with van der Waals surface area (Å²) in [4.78, 5) is 15.4. The molecule has 2 aromatic rings. The monoisotopic (exact) mass is 376 g/mol. The molecule has 0 bridgehead atoms. The Labute approximate surface area is 167 Å². The average molecular weight is 377 g/mol. The van der Waals surface area contributed by atoms with Crippen LogP contribution >= 0.6 is 0 Å². The molecule has 0 saturated carbocycles. The molecule has 2 aromatic carbocycles. The summed E-state index contributed by atoms with van der Waals surface area (Å²) < 4.78 is 5.59. The fourth-order valence-corrected chi connectivity index (χ4v) is 4.61. The van der Waals surface area contributed by atoms with Gasteiger partial charge in [-0.05, 0) is 74.8 Å². The predicted octanol–water partition coefficient (Wildman–Crippen LogP) is 4.99. The number of fused-ring (bicyclic) bond motifs is 1. The average Bonchev–Trinajstić information content (AvgIpc) is 2.96. The van der Waals surface area contributed by atoms with Gasteiger partial charge in [-0.1, -0.05) is 29.8 Å². The second-order valence-electron chi connectivity index (χ2n) is 8.05. The Hall–Kier alpha value is -2.75. The number of rotatable bonds is 3. The first-order valence-electron chi connectivity index (χ1n) is 10.1. The zero-order chi connectivity index (χ0) is 19.7. The van der Waals surface area contributed by atoms with Gasteiger partial charge in [0.25, 0.3) is 5.91 Å². The summed E-state index contributed by atoms with van der Waals surface area (Å²) in [7, 11) is 0. The molecule has 1 amide bonds. The zero-order valence-corrected chi connectivity index (χ0v) is 16.7. The van der Waals surface area contributed by atoms with E-state index in [1.165, 1.54) is 17.6 Å². The Balaban J connectivity index is 1.70.